The summed E-state index contributed by atoms with van der Waals surface area (Å²) in [4.78, 5) is 16.4. The smallest absolute Gasteiger partial charge is 0.341 e. The molecule has 0 amide bonds. The number of aromatic nitrogens is 1. The maximum absolute atomic E-state index is 12.0. The molecule has 2 unspecified atom stereocenters. The molecule has 0 aliphatic heterocycles. The van der Waals surface area contributed by atoms with Crippen LogP contribution in [0.25, 0.3) is 0 Å². The van der Waals surface area contributed by atoms with Gasteiger partial charge in [0.25, 0.3) is 0 Å². The van der Waals surface area contributed by atoms with Crippen molar-refractivity contribution in [1.82, 2.24) is 10.3 Å². The SMILES string of the molecule is CCC(NC1CCCCCC1)C(CO)CNc1ncc(I)cc1C(=O)OC. The predicted molar refractivity (Wildman–Crippen MR) is 116 cm³/mol. The van der Waals surface area contributed by atoms with Crippen LogP contribution in [0.5, 0.6) is 0 Å². The number of hydrogen-bond acceptors (Lipinski definition) is 6. The van der Waals surface area contributed by atoms with Gasteiger partial charge in [-0.15, -0.1) is 0 Å². The van der Waals surface area contributed by atoms with Crippen molar-refractivity contribution in [2.75, 3.05) is 25.6 Å². The van der Waals surface area contributed by atoms with E-state index in [9.17, 15) is 9.90 Å². The van der Waals surface area contributed by atoms with Crippen LogP contribution in [0.2, 0.25) is 0 Å². The second kappa shape index (κ2) is 11.8. The van der Waals surface area contributed by atoms with Crippen molar-refractivity contribution in [3.8, 4) is 0 Å². The minimum Gasteiger partial charge on any atom is -0.465 e. The number of esters is 1. The highest BCUT2D eigenvalue weighted by Crippen LogP contribution is 2.21. The summed E-state index contributed by atoms with van der Waals surface area (Å²) in [5.41, 5.74) is 0.422. The lowest BCUT2D eigenvalue weighted by Gasteiger charge is -2.30. The maximum Gasteiger partial charge on any atom is 0.341 e. The van der Waals surface area contributed by atoms with E-state index in [1.54, 1.807) is 12.3 Å². The highest BCUT2D eigenvalue weighted by atomic mass is 127. The molecule has 1 fully saturated rings. The molecule has 0 aromatic carbocycles. The molecule has 7 heteroatoms. The van der Waals surface area contributed by atoms with Crippen molar-refractivity contribution in [2.45, 2.75) is 64.0 Å². The molecule has 0 spiro atoms. The van der Waals surface area contributed by atoms with E-state index in [0.717, 1.165) is 9.99 Å². The number of aliphatic hydroxyl groups excluding tert-OH is 1. The molecule has 1 aromatic rings. The summed E-state index contributed by atoms with van der Waals surface area (Å²) in [5, 5.41) is 17.0. The van der Waals surface area contributed by atoms with Crippen LogP contribution in [0.1, 0.15) is 62.2 Å². The third kappa shape index (κ3) is 6.87. The first-order valence-electron chi connectivity index (χ1n) is 9.93. The average molecular weight is 489 g/mol. The quantitative estimate of drug-likeness (QED) is 0.280. The Morgan fingerprint density at radius 1 is 1.37 bits per heavy atom. The van der Waals surface area contributed by atoms with Crippen LogP contribution in [-0.2, 0) is 4.74 Å². The van der Waals surface area contributed by atoms with Crippen LogP contribution >= 0.6 is 22.6 Å². The van der Waals surface area contributed by atoms with E-state index in [1.807, 2.05) is 0 Å². The third-order valence-electron chi connectivity index (χ3n) is 5.34. The van der Waals surface area contributed by atoms with Crippen LogP contribution in [0.15, 0.2) is 12.3 Å². The van der Waals surface area contributed by atoms with E-state index in [0.29, 0.717) is 24.0 Å². The van der Waals surface area contributed by atoms with Gasteiger partial charge in [-0.25, -0.2) is 9.78 Å². The van der Waals surface area contributed by atoms with E-state index in [-0.39, 0.29) is 18.6 Å². The Kier molecular flexibility index (Phi) is 9.78. The number of carbonyl (C=O) groups excluding carboxylic acids is 1. The monoisotopic (exact) mass is 489 g/mol. The zero-order valence-corrected chi connectivity index (χ0v) is 18.5. The van der Waals surface area contributed by atoms with Crippen LogP contribution < -0.4 is 10.6 Å². The first kappa shape index (κ1) is 22.4. The topological polar surface area (TPSA) is 83.5 Å². The minimum atomic E-state index is -0.410. The van der Waals surface area contributed by atoms with Crippen LogP contribution in [-0.4, -0.2) is 48.4 Å². The van der Waals surface area contributed by atoms with Crippen molar-refractivity contribution >= 4 is 34.4 Å². The molecule has 1 heterocycles. The first-order valence-corrected chi connectivity index (χ1v) is 11.0. The molecule has 2 rings (SSSR count). The fourth-order valence-corrected chi connectivity index (χ4v) is 4.19. The van der Waals surface area contributed by atoms with Crippen molar-refractivity contribution < 1.29 is 14.6 Å². The molecule has 6 nitrogen and oxygen atoms in total. The van der Waals surface area contributed by atoms with E-state index in [2.05, 4.69) is 45.1 Å². The van der Waals surface area contributed by atoms with Gasteiger partial charge in [-0.05, 0) is 47.9 Å². The number of nitrogens with zero attached hydrogens (tertiary/aromatic N) is 1. The second-order valence-corrected chi connectivity index (χ2v) is 8.48. The van der Waals surface area contributed by atoms with Crippen molar-refractivity contribution in [3.63, 3.8) is 0 Å². The molecule has 2 atom stereocenters. The number of methoxy groups -OCH3 is 1. The van der Waals surface area contributed by atoms with Gasteiger partial charge >= 0.3 is 5.97 Å². The Bertz CT molecular complexity index is 592. The number of pyridine rings is 1. The number of aliphatic hydroxyl groups is 1. The lowest BCUT2D eigenvalue weighted by Crippen LogP contribution is -2.45. The standard InChI is InChI=1S/C20H32IN3O3/c1-3-18(24-16-8-6-4-5-7-9-16)14(13-25)11-22-19-17(20(26)27-2)10-15(21)12-23-19/h10,12,14,16,18,24-25H,3-9,11,13H2,1-2H3,(H,22,23). The van der Waals surface area contributed by atoms with E-state index in [4.69, 9.17) is 4.74 Å². The summed E-state index contributed by atoms with van der Waals surface area (Å²) in [7, 11) is 1.37. The number of hydrogen-bond donors (Lipinski definition) is 3. The summed E-state index contributed by atoms with van der Waals surface area (Å²) in [6, 6.07) is 2.53. The zero-order valence-electron chi connectivity index (χ0n) is 16.3. The number of nitrogens with one attached hydrogen (secondary N) is 2. The molecule has 1 saturated carbocycles. The number of halogens is 1. The van der Waals surface area contributed by atoms with Crippen molar-refractivity contribution in [1.29, 1.82) is 0 Å². The Balaban J connectivity index is 2.01. The van der Waals surface area contributed by atoms with Gasteiger partial charge in [-0.1, -0.05) is 32.6 Å². The van der Waals surface area contributed by atoms with Gasteiger partial charge in [-0.2, -0.15) is 0 Å². The Hall–Kier alpha value is -0.930. The number of rotatable bonds is 9. The fraction of sp³-hybridized carbons (Fsp3) is 0.700. The predicted octanol–water partition coefficient (Wildman–Crippen LogP) is 3.58. The second-order valence-electron chi connectivity index (χ2n) is 7.23. The Morgan fingerprint density at radius 2 is 2.07 bits per heavy atom. The lowest BCUT2D eigenvalue weighted by atomic mass is 9.95. The lowest BCUT2D eigenvalue weighted by molar-refractivity contribution is 0.0601. The summed E-state index contributed by atoms with van der Waals surface area (Å²) in [5.74, 6) is 0.141. The van der Waals surface area contributed by atoms with Crippen molar-refractivity contribution in [2.24, 2.45) is 5.92 Å². The summed E-state index contributed by atoms with van der Waals surface area (Å²) in [6.07, 6.45) is 10.3. The number of anilines is 1. The molecule has 0 saturated heterocycles. The molecular weight excluding hydrogens is 457 g/mol. The molecule has 1 aliphatic carbocycles. The first-order chi connectivity index (χ1) is 13.1. The van der Waals surface area contributed by atoms with Crippen LogP contribution in [0.3, 0.4) is 0 Å². The third-order valence-corrected chi connectivity index (χ3v) is 5.93. The van der Waals surface area contributed by atoms with Gasteiger partial charge in [0.05, 0.1) is 7.11 Å². The molecule has 0 radical (unpaired) electrons. The molecule has 1 aliphatic rings. The Morgan fingerprint density at radius 3 is 2.67 bits per heavy atom. The van der Waals surface area contributed by atoms with Gasteiger partial charge in [0.1, 0.15) is 11.4 Å². The van der Waals surface area contributed by atoms with Crippen LogP contribution in [0, 0.1) is 9.49 Å². The molecule has 3 N–H and O–H groups in total. The summed E-state index contributed by atoms with van der Waals surface area (Å²) >= 11 is 2.12. The van der Waals surface area contributed by atoms with E-state index < -0.39 is 5.97 Å². The van der Waals surface area contributed by atoms with Crippen LogP contribution in [0.4, 0.5) is 5.82 Å². The average Bonchev–Trinajstić information content (AvgIpc) is 2.96. The number of ether oxygens (including phenoxy) is 1. The number of carbonyl (C=O) groups is 1. The normalized spacial score (nSPS) is 17.8. The summed E-state index contributed by atoms with van der Waals surface area (Å²) < 4.78 is 5.74. The zero-order chi connectivity index (χ0) is 19.6. The van der Waals surface area contributed by atoms with Gasteiger partial charge in [0.15, 0.2) is 0 Å². The molecular formula is C20H32IN3O3. The maximum atomic E-state index is 12.0. The molecule has 0 bridgehead atoms. The minimum absolute atomic E-state index is 0.0461. The summed E-state index contributed by atoms with van der Waals surface area (Å²) in [6.45, 7) is 2.79. The fourth-order valence-electron chi connectivity index (χ4n) is 3.74. The highest BCUT2D eigenvalue weighted by molar-refractivity contribution is 14.1. The molecule has 27 heavy (non-hydrogen) atoms. The van der Waals surface area contributed by atoms with Gasteiger partial charge in [0.2, 0.25) is 0 Å². The molecule has 152 valence electrons. The van der Waals surface area contributed by atoms with Gasteiger partial charge < -0.3 is 20.5 Å². The van der Waals surface area contributed by atoms with Gasteiger partial charge in [-0.3, -0.25) is 0 Å². The molecule has 1 aromatic heterocycles. The van der Waals surface area contributed by atoms with Crippen molar-refractivity contribution in [3.05, 3.63) is 21.4 Å². The Labute approximate surface area is 176 Å². The van der Waals surface area contributed by atoms with Gasteiger partial charge in [0, 0.05) is 40.9 Å². The van der Waals surface area contributed by atoms with E-state index >= 15 is 0 Å². The van der Waals surface area contributed by atoms with E-state index in [1.165, 1.54) is 45.6 Å². The largest absolute Gasteiger partial charge is 0.465 e. The highest BCUT2D eigenvalue weighted by Gasteiger charge is 2.24.